The van der Waals surface area contributed by atoms with Crippen molar-refractivity contribution in [2.45, 2.75) is 116 Å². The smallest absolute Gasteiger partial charge is 0.311 e. The fourth-order valence-electron chi connectivity index (χ4n) is 4.78. The normalized spacial score (nSPS) is 39.6. The zero-order valence-corrected chi connectivity index (χ0v) is 21.4. The minimum Gasteiger partial charge on any atom is -0.459 e. The standard InChI is InChI=1S/C25H40O9/c1-8-10-11-31-17-12-18(27)25(7,30)19(9-2)33-23(29)15(4)20-21(32-16(5)26)22(28)24(6,34-20)13-14(17)3/h14-15,17,19-21,30H,8-13H2,1-7H3/t14-,15-,17-,19-,20-,21-,24+,25+/m1/s1. The maximum absolute atomic E-state index is 13.4. The molecule has 34 heavy (non-hydrogen) atoms. The second-order valence-corrected chi connectivity index (χ2v) is 10.0. The first-order chi connectivity index (χ1) is 15.8. The van der Waals surface area contributed by atoms with Gasteiger partial charge in [0.2, 0.25) is 5.78 Å². The van der Waals surface area contributed by atoms with Crippen LogP contribution in [0.2, 0.25) is 0 Å². The van der Waals surface area contributed by atoms with Gasteiger partial charge in [0.25, 0.3) is 0 Å². The maximum Gasteiger partial charge on any atom is 0.311 e. The maximum atomic E-state index is 13.4. The predicted molar refractivity (Wildman–Crippen MR) is 122 cm³/mol. The van der Waals surface area contributed by atoms with Crippen LogP contribution in [0.3, 0.4) is 0 Å². The molecule has 2 aliphatic heterocycles. The van der Waals surface area contributed by atoms with Crippen LogP contribution in [0, 0.1) is 11.8 Å². The van der Waals surface area contributed by atoms with Crippen molar-refractivity contribution < 1.29 is 43.2 Å². The first-order valence-electron chi connectivity index (χ1n) is 12.3. The van der Waals surface area contributed by atoms with E-state index in [1.807, 2.05) is 13.8 Å². The largest absolute Gasteiger partial charge is 0.459 e. The Hall–Kier alpha value is -1.84. The number of ketones is 2. The molecule has 194 valence electrons. The number of cyclic esters (lactones) is 1. The van der Waals surface area contributed by atoms with Gasteiger partial charge in [0, 0.05) is 20.0 Å². The van der Waals surface area contributed by atoms with Gasteiger partial charge in [-0.25, -0.2) is 0 Å². The van der Waals surface area contributed by atoms with Crippen molar-refractivity contribution >= 4 is 23.5 Å². The highest BCUT2D eigenvalue weighted by Crippen LogP contribution is 2.40. The summed E-state index contributed by atoms with van der Waals surface area (Å²) in [6, 6.07) is 0. The molecule has 2 saturated heterocycles. The second-order valence-electron chi connectivity index (χ2n) is 10.0. The molecule has 8 atom stereocenters. The molecular weight excluding hydrogens is 444 g/mol. The summed E-state index contributed by atoms with van der Waals surface area (Å²) >= 11 is 0. The number of fused-ring (bicyclic) bond motifs is 2. The lowest BCUT2D eigenvalue weighted by Gasteiger charge is -2.34. The van der Waals surface area contributed by atoms with Crippen molar-refractivity contribution in [1.29, 1.82) is 0 Å². The summed E-state index contributed by atoms with van der Waals surface area (Å²) < 4.78 is 23.0. The van der Waals surface area contributed by atoms with Crippen molar-refractivity contribution in [2.24, 2.45) is 11.8 Å². The Morgan fingerprint density at radius 3 is 2.38 bits per heavy atom. The van der Waals surface area contributed by atoms with E-state index in [0.29, 0.717) is 6.61 Å². The third kappa shape index (κ3) is 6.04. The van der Waals surface area contributed by atoms with Crippen LogP contribution in [0.25, 0.3) is 0 Å². The van der Waals surface area contributed by atoms with Crippen molar-refractivity contribution in [2.75, 3.05) is 6.61 Å². The van der Waals surface area contributed by atoms with Gasteiger partial charge < -0.3 is 24.1 Å². The van der Waals surface area contributed by atoms with Crippen LogP contribution in [0.4, 0.5) is 0 Å². The van der Waals surface area contributed by atoms with E-state index >= 15 is 0 Å². The number of hydrogen-bond acceptors (Lipinski definition) is 9. The highest BCUT2D eigenvalue weighted by atomic mass is 16.6. The van der Waals surface area contributed by atoms with E-state index in [1.165, 1.54) is 20.8 Å². The van der Waals surface area contributed by atoms with Crippen molar-refractivity contribution in [1.82, 2.24) is 0 Å². The van der Waals surface area contributed by atoms with Gasteiger partial charge in [-0.3, -0.25) is 19.2 Å². The van der Waals surface area contributed by atoms with E-state index in [9.17, 15) is 24.3 Å². The molecule has 0 spiro atoms. The zero-order valence-electron chi connectivity index (χ0n) is 21.4. The Morgan fingerprint density at radius 1 is 1.18 bits per heavy atom. The summed E-state index contributed by atoms with van der Waals surface area (Å²) in [5.74, 6) is -3.63. The molecule has 9 nitrogen and oxygen atoms in total. The summed E-state index contributed by atoms with van der Waals surface area (Å²) in [4.78, 5) is 51.3. The van der Waals surface area contributed by atoms with Crippen LogP contribution in [-0.4, -0.2) is 70.8 Å². The topological polar surface area (TPSA) is 125 Å². The molecule has 0 aromatic rings. The van der Waals surface area contributed by atoms with Crippen molar-refractivity contribution in [3.8, 4) is 0 Å². The van der Waals surface area contributed by atoms with Gasteiger partial charge in [-0.2, -0.15) is 0 Å². The summed E-state index contributed by atoms with van der Waals surface area (Å²) in [6.07, 6.45) is -2.03. The Morgan fingerprint density at radius 2 is 1.82 bits per heavy atom. The van der Waals surface area contributed by atoms with Crippen LogP contribution in [-0.2, 0) is 38.1 Å². The average molecular weight is 485 g/mol. The average Bonchev–Trinajstić information content (AvgIpc) is 2.99. The van der Waals surface area contributed by atoms with Crippen LogP contribution in [0.15, 0.2) is 0 Å². The minimum atomic E-state index is -1.92. The molecule has 0 aromatic carbocycles. The fraction of sp³-hybridized carbons (Fsp3) is 0.840. The Kier molecular flexibility index (Phi) is 9.41. The molecular formula is C25H40O9. The highest BCUT2D eigenvalue weighted by Gasteiger charge is 2.57. The lowest BCUT2D eigenvalue weighted by Crippen LogP contribution is -2.51. The van der Waals surface area contributed by atoms with Crippen molar-refractivity contribution in [3.05, 3.63) is 0 Å². The third-order valence-corrected chi connectivity index (χ3v) is 7.01. The van der Waals surface area contributed by atoms with Crippen LogP contribution >= 0.6 is 0 Å². The molecule has 0 unspecified atom stereocenters. The number of Topliss-reactive ketones (excluding diaryl/α,β-unsaturated/α-hetero) is 2. The molecule has 0 amide bonds. The van der Waals surface area contributed by atoms with Crippen LogP contribution in [0.1, 0.15) is 80.6 Å². The Bertz CT molecular complexity index is 776. The molecule has 2 bridgehead atoms. The third-order valence-electron chi connectivity index (χ3n) is 7.01. The summed E-state index contributed by atoms with van der Waals surface area (Å²) in [6.45, 7) is 11.7. The fourth-order valence-corrected chi connectivity index (χ4v) is 4.78. The molecule has 1 N–H and O–H groups in total. The predicted octanol–water partition coefficient (Wildman–Crippen LogP) is 2.54. The number of aliphatic hydroxyl groups is 1. The molecule has 0 aliphatic carbocycles. The lowest BCUT2D eigenvalue weighted by molar-refractivity contribution is -0.180. The summed E-state index contributed by atoms with van der Waals surface area (Å²) in [7, 11) is 0. The molecule has 9 heteroatoms. The minimum absolute atomic E-state index is 0.109. The van der Waals surface area contributed by atoms with E-state index in [2.05, 4.69) is 0 Å². The molecule has 2 aliphatic rings. The van der Waals surface area contributed by atoms with Gasteiger partial charge in [-0.15, -0.1) is 0 Å². The van der Waals surface area contributed by atoms with Gasteiger partial charge in [-0.05, 0) is 46.0 Å². The highest BCUT2D eigenvalue weighted by molar-refractivity contribution is 5.95. The van der Waals surface area contributed by atoms with Crippen LogP contribution in [0.5, 0.6) is 0 Å². The Balaban J connectivity index is 2.51. The van der Waals surface area contributed by atoms with Gasteiger partial charge in [0.1, 0.15) is 17.8 Å². The number of hydrogen-bond donors (Lipinski definition) is 1. The monoisotopic (exact) mass is 484 g/mol. The van der Waals surface area contributed by atoms with Gasteiger partial charge >= 0.3 is 11.9 Å². The molecule has 2 heterocycles. The zero-order chi connectivity index (χ0) is 25.8. The molecule has 0 radical (unpaired) electrons. The van der Waals surface area contributed by atoms with Gasteiger partial charge in [-0.1, -0.05) is 27.2 Å². The number of ether oxygens (including phenoxy) is 4. The second kappa shape index (κ2) is 11.3. The Labute approximate surface area is 201 Å². The van der Waals surface area contributed by atoms with E-state index in [-0.39, 0.29) is 25.2 Å². The number of esters is 2. The first kappa shape index (κ1) is 28.4. The SMILES string of the molecule is CCCCO[C@@H]1CC(=O)[C@](C)(O)[C@@H](CC)OC(=O)[C@H](C)[C@H]2O[C@@](C)(C[C@H]1C)C(=O)[C@@H]2OC(C)=O. The lowest BCUT2D eigenvalue weighted by atomic mass is 9.81. The molecule has 0 saturated carbocycles. The summed E-state index contributed by atoms with van der Waals surface area (Å²) in [5, 5.41) is 11.1. The van der Waals surface area contributed by atoms with E-state index < -0.39 is 65.0 Å². The van der Waals surface area contributed by atoms with Crippen molar-refractivity contribution in [3.63, 3.8) is 0 Å². The molecule has 2 fully saturated rings. The van der Waals surface area contributed by atoms with Crippen LogP contribution < -0.4 is 0 Å². The molecule has 2 rings (SSSR count). The quantitative estimate of drug-likeness (QED) is 0.447. The van der Waals surface area contributed by atoms with Gasteiger partial charge in [0.05, 0.1) is 12.0 Å². The number of unbranched alkanes of at least 4 members (excludes halogenated alkanes) is 1. The number of carbonyl (C=O) groups is 4. The summed E-state index contributed by atoms with van der Waals surface area (Å²) in [5.41, 5.74) is -3.27. The first-order valence-corrected chi connectivity index (χ1v) is 12.3. The van der Waals surface area contributed by atoms with E-state index in [4.69, 9.17) is 18.9 Å². The van der Waals surface area contributed by atoms with E-state index in [1.54, 1.807) is 13.8 Å². The van der Waals surface area contributed by atoms with Gasteiger partial charge in [0.15, 0.2) is 17.5 Å². The number of rotatable bonds is 6. The molecule has 0 aromatic heterocycles. The number of carbonyl (C=O) groups excluding carboxylic acids is 4. The van der Waals surface area contributed by atoms with E-state index in [0.717, 1.165) is 12.8 Å².